The zero-order chi connectivity index (χ0) is 13.4. The Hall–Kier alpha value is -1.40. The summed E-state index contributed by atoms with van der Waals surface area (Å²) in [5.41, 5.74) is 6.93. The van der Waals surface area contributed by atoms with Crippen molar-refractivity contribution >= 4 is 23.4 Å². The third-order valence-corrected chi connectivity index (χ3v) is 3.55. The quantitative estimate of drug-likeness (QED) is 0.853. The van der Waals surface area contributed by atoms with Crippen LogP contribution in [0.15, 0.2) is 39.7 Å². The number of hydrogen-bond acceptors (Lipinski definition) is 5. The van der Waals surface area contributed by atoms with E-state index >= 15 is 0 Å². The molecular formula is C14H17ClN2O3. The van der Waals surface area contributed by atoms with E-state index in [1.165, 1.54) is 6.26 Å². The van der Waals surface area contributed by atoms with E-state index in [0.717, 1.165) is 0 Å². The van der Waals surface area contributed by atoms with Gasteiger partial charge in [0.25, 0.3) is 0 Å². The van der Waals surface area contributed by atoms with Crippen molar-refractivity contribution in [2.24, 2.45) is 5.73 Å². The zero-order valence-corrected chi connectivity index (χ0v) is 11.7. The van der Waals surface area contributed by atoms with E-state index in [-0.39, 0.29) is 23.9 Å². The molecule has 2 atom stereocenters. The van der Waals surface area contributed by atoms with Gasteiger partial charge in [0, 0.05) is 31.2 Å². The number of nitrogens with zero attached hydrogens (tertiary/aromatic N) is 1. The molecule has 1 aliphatic rings. The molecule has 0 saturated carbocycles. The van der Waals surface area contributed by atoms with Gasteiger partial charge in [0.15, 0.2) is 5.43 Å². The molecule has 0 aliphatic carbocycles. The summed E-state index contributed by atoms with van der Waals surface area (Å²) < 4.78 is 5.47. The molecule has 108 valence electrons. The largest absolute Gasteiger partial charge is 0.464 e. The molecule has 5 nitrogen and oxygen atoms in total. The highest BCUT2D eigenvalue weighted by molar-refractivity contribution is 5.85. The molecule has 0 spiro atoms. The Labute approximate surface area is 122 Å². The lowest BCUT2D eigenvalue weighted by atomic mass is 10.1. The minimum Gasteiger partial charge on any atom is -0.464 e. The summed E-state index contributed by atoms with van der Waals surface area (Å²) in [6.45, 7) is 1.54. The first kappa shape index (κ1) is 15.0. The molecule has 1 aliphatic heterocycles. The van der Waals surface area contributed by atoms with Gasteiger partial charge in [0.1, 0.15) is 5.58 Å². The normalized spacial score (nSPS) is 22.9. The van der Waals surface area contributed by atoms with Gasteiger partial charge in [0.2, 0.25) is 0 Å². The highest BCUT2D eigenvalue weighted by Crippen LogP contribution is 2.14. The van der Waals surface area contributed by atoms with Crippen LogP contribution in [0.4, 0.5) is 0 Å². The molecule has 2 heterocycles. The molecule has 20 heavy (non-hydrogen) atoms. The van der Waals surface area contributed by atoms with Crippen LogP contribution in [0, 0.1) is 0 Å². The Kier molecular flexibility index (Phi) is 4.45. The lowest BCUT2D eigenvalue weighted by Gasteiger charge is -2.14. The molecule has 1 aromatic heterocycles. The van der Waals surface area contributed by atoms with Crippen molar-refractivity contribution in [3.63, 3.8) is 0 Å². The molecule has 6 heteroatoms. The first-order valence-corrected chi connectivity index (χ1v) is 6.30. The van der Waals surface area contributed by atoms with E-state index in [1.807, 2.05) is 17.0 Å². The van der Waals surface area contributed by atoms with Gasteiger partial charge >= 0.3 is 0 Å². The van der Waals surface area contributed by atoms with Gasteiger partial charge in [-0.2, -0.15) is 0 Å². The molecule has 0 bridgehead atoms. The van der Waals surface area contributed by atoms with Crippen molar-refractivity contribution < 1.29 is 9.52 Å². The van der Waals surface area contributed by atoms with Crippen molar-refractivity contribution in [3.05, 3.63) is 46.3 Å². The van der Waals surface area contributed by atoms with E-state index in [1.54, 1.807) is 12.1 Å². The smallest absolute Gasteiger partial charge is 0.197 e. The predicted molar refractivity (Wildman–Crippen MR) is 79.0 cm³/mol. The zero-order valence-electron chi connectivity index (χ0n) is 10.9. The van der Waals surface area contributed by atoms with Gasteiger partial charge in [-0.1, -0.05) is 12.1 Å². The van der Waals surface area contributed by atoms with Gasteiger partial charge in [0.05, 0.1) is 17.8 Å². The number of benzene rings is 1. The minimum atomic E-state index is -0.521. The van der Waals surface area contributed by atoms with Crippen LogP contribution in [0.2, 0.25) is 0 Å². The number of hydrogen-bond donors (Lipinski definition) is 2. The second-order valence-electron chi connectivity index (χ2n) is 5.01. The second-order valence-corrected chi connectivity index (χ2v) is 5.01. The average molecular weight is 297 g/mol. The van der Waals surface area contributed by atoms with Gasteiger partial charge in [-0.3, -0.25) is 9.69 Å². The van der Waals surface area contributed by atoms with Crippen molar-refractivity contribution in [1.82, 2.24) is 4.90 Å². The van der Waals surface area contributed by atoms with Crippen LogP contribution in [-0.2, 0) is 6.54 Å². The maximum atomic E-state index is 12.3. The van der Waals surface area contributed by atoms with Crippen LogP contribution >= 0.6 is 12.4 Å². The van der Waals surface area contributed by atoms with Crippen LogP contribution < -0.4 is 11.2 Å². The van der Waals surface area contributed by atoms with Gasteiger partial charge in [-0.15, -0.1) is 12.4 Å². The first-order chi connectivity index (χ1) is 9.15. The number of para-hydroxylation sites is 1. The molecule has 2 aromatic rings. The summed E-state index contributed by atoms with van der Waals surface area (Å²) in [5, 5.41) is 10.2. The fourth-order valence-electron chi connectivity index (χ4n) is 2.49. The topological polar surface area (TPSA) is 79.7 Å². The number of β-amino-alcohol motifs (C(OH)–C–C–N with tert-alkyl or cyclic N) is 1. The van der Waals surface area contributed by atoms with Crippen molar-refractivity contribution in [2.45, 2.75) is 18.7 Å². The third-order valence-electron chi connectivity index (χ3n) is 3.55. The van der Waals surface area contributed by atoms with Crippen LogP contribution in [-0.4, -0.2) is 35.2 Å². The summed E-state index contributed by atoms with van der Waals surface area (Å²) in [5.74, 6) is 0. The molecule has 0 radical (unpaired) electrons. The van der Waals surface area contributed by atoms with E-state index in [9.17, 15) is 9.90 Å². The predicted octanol–water partition coefficient (Wildman–Crippen LogP) is 0.719. The minimum absolute atomic E-state index is 0. The Balaban J connectivity index is 0.00000147. The Morgan fingerprint density at radius 1 is 1.35 bits per heavy atom. The van der Waals surface area contributed by atoms with Crippen LogP contribution in [0.5, 0.6) is 0 Å². The summed E-state index contributed by atoms with van der Waals surface area (Å²) in [7, 11) is 0. The number of rotatable bonds is 2. The van der Waals surface area contributed by atoms with Gasteiger partial charge in [-0.05, 0) is 12.1 Å². The highest BCUT2D eigenvalue weighted by atomic mass is 35.5. The summed E-state index contributed by atoms with van der Waals surface area (Å²) in [6.07, 6.45) is 0.980. The maximum absolute atomic E-state index is 12.3. The van der Waals surface area contributed by atoms with Crippen molar-refractivity contribution in [3.8, 4) is 0 Å². The molecule has 3 rings (SSSR count). The summed E-state index contributed by atoms with van der Waals surface area (Å²) in [6, 6.07) is 6.94. The molecule has 0 amide bonds. The van der Waals surface area contributed by atoms with Gasteiger partial charge in [-0.25, -0.2) is 0 Å². The highest BCUT2D eigenvalue weighted by Gasteiger charge is 2.28. The second kappa shape index (κ2) is 5.93. The Bertz CT molecular complexity index is 648. The number of fused-ring (bicyclic) bond motifs is 1. The van der Waals surface area contributed by atoms with Crippen LogP contribution in [0.1, 0.15) is 5.56 Å². The fourth-order valence-corrected chi connectivity index (χ4v) is 2.49. The van der Waals surface area contributed by atoms with Crippen LogP contribution in [0.25, 0.3) is 11.0 Å². The van der Waals surface area contributed by atoms with E-state index < -0.39 is 6.10 Å². The van der Waals surface area contributed by atoms with E-state index in [0.29, 0.717) is 36.2 Å². The molecule has 1 fully saturated rings. The molecule has 1 saturated heterocycles. The number of likely N-dealkylation sites (tertiary alicyclic amines) is 1. The number of aliphatic hydroxyl groups excluding tert-OH is 1. The lowest BCUT2D eigenvalue weighted by Crippen LogP contribution is -2.32. The van der Waals surface area contributed by atoms with Gasteiger partial charge < -0.3 is 15.3 Å². The van der Waals surface area contributed by atoms with Crippen LogP contribution in [0.3, 0.4) is 0 Å². The Morgan fingerprint density at radius 2 is 2.10 bits per heavy atom. The SMILES string of the molecule is Cl.N[C@@H]1CN(Cc2coc3ccccc3c2=O)C[C@H]1O. The van der Waals surface area contributed by atoms with E-state index in [4.69, 9.17) is 10.2 Å². The number of aliphatic hydroxyl groups is 1. The third kappa shape index (κ3) is 2.71. The monoisotopic (exact) mass is 296 g/mol. The summed E-state index contributed by atoms with van der Waals surface area (Å²) in [4.78, 5) is 14.3. The fraction of sp³-hybridized carbons (Fsp3) is 0.357. The standard InChI is InChI=1S/C14H16N2O3.ClH/c15-11-6-16(7-12(11)17)5-9-8-19-13-4-2-1-3-10(13)14(9)18;/h1-4,8,11-12,17H,5-7,15H2;1H/t11-,12-;/m1./s1. The lowest BCUT2D eigenvalue weighted by molar-refractivity contribution is 0.164. The molecule has 0 unspecified atom stereocenters. The molecule has 1 aromatic carbocycles. The van der Waals surface area contributed by atoms with Crippen molar-refractivity contribution in [1.29, 1.82) is 0 Å². The van der Waals surface area contributed by atoms with E-state index in [2.05, 4.69) is 0 Å². The first-order valence-electron chi connectivity index (χ1n) is 6.30. The van der Waals surface area contributed by atoms with Crippen molar-refractivity contribution in [2.75, 3.05) is 13.1 Å². The average Bonchev–Trinajstić information content (AvgIpc) is 2.72. The molecule has 3 N–H and O–H groups in total. The summed E-state index contributed by atoms with van der Waals surface area (Å²) >= 11 is 0. The molecular weight excluding hydrogens is 280 g/mol. The number of halogens is 1. The number of nitrogens with two attached hydrogens (primary N) is 1. The Morgan fingerprint density at radius 3 is 2.80 bits per heavy atom. The maximum Gasteiger partial charge on any atom is 0.197 e.